The average Bonchev–Trinajstić information content (AvgIpc) is 3.12. The summed E-state index contributed by atoms with van der Waals surface area (Å²) in [5.41, 5.74) is 0.436. The normalized spacial score (nSPS) is 18.8. The molecule has 1 aliphatic rings. The van der Waals surface area contributed by atoms with E-state index in [0.29, 0.717) is 43.0 Å². The summed E-state index contributed by atoms with van der Waals surface area (Å²) in [6.07, 6.45) is 1.36. The average molecular weight is 448 g/mol. The number of benzene rings is 1. The van der Waals surface area contributed by atoms with Crippen molar-refractivity contribution in [2.45, 2.75) is 38.6 Å². The van der Waals surface area contributed by atoms with Crippen molar-refractivity contribution in [3.05, 3.63) is 56.9 Å². The Morgan fingerprint density at radius 3 is 2.68 bits per heavy atom. The Bertz CT molecular complexity index is 1320. The molecule has 1 aromatic carbocycles. The number of hydrogen-bond acceptors (Lipinski definition) is 7. The molecule has 4 rings (SSSR count). The van der Waals surface area contributed by atoms with Crippen molar-refractivity contribution < 1.29 is 12.9 Å². The zero-order chi connectivity index (χ0) is 22.3. The molecule has 0 bridgehead atoms. The Morgan fingerprint density at radius 2 is 2.00 bits per heavy atom. The minimum Gasteiger partial charge on any atom is -0.354 e. The van der Waals surface area contributed by atoms with Crippen LogP contribution >= 0.6 is 0 Å². The van der Waals surface area contributed by atoms with Crippen molar-refractivity contribution in [2.75, 3.05) is 19.6 Å². The van der Waals surface area contributed by atoms with Crippen LogP contribution in [0, 0.1) is 0 Å². The molecule has 1 saturated heterocycles. The molecule has 10 nitrogen and oxygen atoms in total. The molecule has 1 fully saturated rings. The van der Waals surface area contributed by atoms with Crippen LogP contribution in [-0.4, -0.2) is 63.3 Å². The lowest BCUT2D eigenvalue weighted by atomic mass is 10.1. The molecule has 0 spiro atoms. The number of fused-ring (bicyclic) bond motifs is 1. The molecular weight excluding hydrogens is 422 g/mol. The minimum absolute atomic E-state index is 0.0572. The van der Waals surface area contributed by atoms with E-state index in [-0.39, 0.29) is 6.04 Å². The lowest BCUT2D eigenvalue weighted by Crippen LogP contribution is -2.54. The summed E-state index contributed by atoms with van der Waals surface area (Å²) < 4.78 is 33.1. The highest BCUT2D eigenvalue weighted by atomic mass is 32.2. The number of aromatic amines is 1. The highest BCUT2D eigenvalue weighted by Gasteiger charge is 2.32. The van der Waals surface area contributed by atoms with Gasteiger partial charge in [-0.2, -0.15) is 4.31 Å². The first-order valence-electron chi connectivity index (χ1n) is 10.1. The van der Waals surface area contributed by atoms with E-state index in [1.54, 1.807) is 24.2 Å². The molecule has 166 valence electrons. The zero-order valence-corrected chi connectivity index (χ0v) is 18.4. The quantitative estimate of drug-likeness (QED) is 0.617. The number of aromatic nitrogens is 3. The maximum atomic E-state index is 12.5. The van der Waals surface area contributed by atoms with Gasteiger partial charge in [0.1, 0.15) is 0 Å². The molecule has 1 unspecified atom stereocenters. The molecule has 3 heterocycles. The van der Waals surface area contributed by atoms with E-state index in [4.69, 9.17) is 4.52 Å². The summed E-state index contributed by atoms with van der Waals surface area (Å²) in [6.45, 7) is 7.58. The van der Waals surface area contributed by atoms with Gasteiger partial charge in [0.15, 0.2) is 11.4 Å². The fourth-order valence-corrected chi connectivity index (χ4v) is 5.15. The van der Waals surface area contributed by atoms with Gasteiger partial charge in [-0.3, -0.25) is 14.7 Å². The van der Waals surface area contributed by atoms with Gasteiger partial charge in [-0.05, 0) is 38.5 Å². The molecule has 1 aliphatic heterocycles. The molecule has 2 aromatic heterocycles. The lowest BCUT2D eigenvalue weighted by molar-refractivity contribution is 0.121. The van der Waals surface area contributed by atoms with Crippen LogP contribution in [0.25, 0.3) is 16.8 Å². The summed E-state index contributed by atoms with van der Waals surface area (Å²) in [5.74, 6) is 0.305. The van der Waals surface area contributed by atoms with Crippen LogP contribution in [0.15, 0.2) is 44.6 Å². The van der Waals surface area contributed by atoms with Crippen molar-refractivity contribution in [3.8, 4) is 5.82 Å². The second-order valence-electron chi connectivity index (χ2n) is 8.09. The number of H-pyrrole nitrogens is 1. The lowest BCUT2D eigenvalue weighted by Gasteiger charge is -2.39. The van der Waals surface area contributed by atoms with Crippen molar-refractivity contribution in [1.29, 1.82) is 0 Å². The van der Waals surface area contributed by atoms with Crippen molar-refractivity contribution in [1.82, 2.24) is 23.9 Å². The van der Waals surface area contributed by atoms with E-state index < -0.39 is 26.5 Å². The number of piperazine rings is 1. The molecule has 0 radical (unpaired) electrons. The second kappa shape index (κ2) is 8.06. The zero-order valence-electron chi connectivity index (χ0n) is 17.6. The topological polar surface area (TPSA) is 122 Å². The minimum atomic E-state index is -3.27. The van der Waals surface area contributed by atoms with Gasteiger partial charge in [0.2, 0.25) is 10.0 Å². The van der Waals surface area contributed by atoms with E-state index in [9.17, 15) is 18.0 Å². The van der Waals surface area contributed by atoms with Gasteiger partial charge >= 0.3 is 5.69 Å². The Morgan fingerprint density at radius 1 is 1.23 bits per heavy atom. The monoisotopic (exact) mass is 447 g/mol. The number of nitrogens with one attached hydrogen (secondary N) is 1. The van der Waals surface area contributed by atoms with E-state index in [1.807, 2.05) is 19.1 Å². The number of sulfonamides is 1. The highest BCUT2D eigenvalue weighted by Crippen LogP contribution is 2.24. The Labute approximate surface area is 179 Å². The highest BCUT2D eigenvalue weighted by molar-refractivity contribution is 7.89. The molecule has 31 heavy (non-hydrogen) atoms. The molecule has 1 atom stereocenters. The van der Waals surface area contributed by atoms with Crippen molar-refractivity contribution in [2.24, 2.45) is 0 Å². The Balaban J connectivity index is 1.57. The third-order valence-corrected chi connectivity index (χ3v) is 7.88. The predicted octanol–water partition coefficient (Wildman–Crippen LogP) is 0.911. The van der Waals surface area contributed by atoms with E-state index in [0.717, 1.165) is 5.56 Å². The fourth-order valence-electron chi connectivity index (χ4n) is 3.79. The summed E-state index contributed by atoms with van der Waals surface area (Å²) in [4.78, 5) is 27.9. The van der Waals surface area contributed by atoms with Crippen LogP contribution in [0.4, 0.5) is 0 Å². The molecule has 11 heteroatoms. The first-order valence-corrected chi connectivity index (χ1v) is 11.6. The summed E-state index contributed by atoms with van der Waals surface area (Å²) in [7, 11) is -3.27. The molecule has 3 aromatic rings. The molecule has 0 aliphatic carbocycles. The maximum Gasteiger partial charge on any atom is 0.334 e. The number of rotatable bonds is 5. The van der Waals surface area contributed by atoms with Gasteiger partial charge in [0.25, 0.3) is 5.56 Å². The third-order valence-electron chi connectivity index (χ3n) is 5.64. The van der Waals surface area contributed by atoms with Gasteiger partial charge in [-0.1, -0.05) is 11.2 Å². The van der Waals surface area contributed by atoms with Gasteiger partial charge in [-0.15, -0.1) is 0 Å². The fraction of sp³-hybridized carbons (Fsp3) is 0.450. The third kappa shape index (κ3) is 4.08. The van der Waals surface area contributed by atoms with E-state index >= 15 is 0 Å². The van der Waals surface area contributed by atoms with E-state index in [2.05, 4.69) is 15.0 Å². The van der Waals surface area contributed by atoms with Crippen LogP contribution in [-0.2, 0) is 16.6 Å². The molecule has 0 saturated carbocycles. The Kier molecular flexibility index (Phi) is 5.58. The standard InChI is InChI=1S/C20H25N5O5S/c1-13(2)31(28,29)24-9-8-23(14(3)11-24)12-15-4-5-17-16(10-15)19(22-30-17)25-7-6-18(26)21-20(25)27/h4-7,10,13-14H,8-9,11-12H2,1-3H3,(H,21,26,27). The molecular formula is C20H25N5O5S. The summed E-state index contributed by atoms with van der Waals surface area (Å²) in [6, 6.07) is 6.93. The van der Waals surface area contributed by atoms with Gasteiger partial charge in [0, 0.05) is 44.5 Å². The first kappa shape index (κ1) is 21.5. The predicted molar refractivity (Wildman–Crippen MR) is 116 cm³/mol. The van der Waals surface area contributed by atoms with Crippen LogP contribution in [0.2, 0.25) is 0 Å². The van der Waals surface area contributed by atoms with Crippen LogP contribution in [0.5, 0.6) is 0 Å². The second-order valence-corrected chi connectivity index (χ2v) is 10.6. The molecule has 0 amide bonds. The molecule has 1 N–H and O–H groups in total. The van der Waals surface area contributed by atoms with Gasteiger partial charge in [-0.25, -0.2) is 17.8 Å². The van der Waals surface area contributed by atoms with Crippen LogP contribution in [0.3, 0.4) is 0 Å². The SMILES string of the molecule is CC1CN(S(=O)(=O)C(C)C)CCN1Cc1ccc2onc(-n3ccc(=O)[nH]c3=O)c2c1. The number of hydrogen-bond donors (Lipinski definition) is 1. The maximum absolute atomic E-state index is 12.5. The van der Waals surface area contributed by atoms with Gasteiger partial charge < -0.3 is 4.52 Å². The van der Waals surface area contributed by atoms with Crippen LogP contribution in [0.1, 0.15) is 26.3 Å². The van der Waals surface area contributed by atoms with Crippen LogP contribution < -0.4 is 11.2 Å². The first-order chi connectivity index (χ1) is 14.7. The summed E-state index contributed by atoms with van der Waals surface area (Å²) in [5, 5.41) is 4.21. The Hall–Kier alpha value is -2.76. The van der Waals surface area contributed by atoms with Crippen molar-refractivity contribution >= 4 is 21.0 Å². The van der Waals surface area contributed by atoms with Gasteiger partial charge in [0.05, 0.1) is 10.6 Å². The largest absolute Gasteiger partial charge is 0.354 e. The summed E-state index contributed by atoms with van der Waals surface area (Å²) >= 11 is 0. The number of nitrogens with zero attached hydrogens (tertiary/aromatic N) is 4. The smallest absolute Gasteiger partial charge is 0.334 e. The van der Waals surface area contributed by atoms with E-state index in [1.165, 1.54) is 16.8 Å². The van der Waals surface area contributed by atoms with Crippen molar-refractivity contribution in [3.63, 3.8) is 0 Å².